The summed E-state index contributed by atoms with van der Waals surface area (Å²) in [7, 11) is 2.14. The van der Waals surface area contributed by atoms with Crippen LogP contribution in [0, 0.1) is 5.92 Å². The molecular weight excluding hydrogens is 270 g/mol. The zero-order chi connectivity index (χ0) is 14.1. The van der Waals surface area contributed by atoms with Gasteiger partial charge >= 0.3 is 0 Å². The normalized spacial score (nSPS) is 22.9. The van der Waals surface area contributed by atoms with Gasteiger partial charge in [0, 0.05) is 18.5 Å². The zero-order valence-electron chi connectivity index (χ0n) is 12.0. The average Bonchev–Trinajstić information content (AvgIpc) is 2.46. The van der Waals surface area contributed by atoms with Crippen molar-refractivity contribution < 1.29 is 0 Å². The Bertz CT molecular complexity index is 614. The Morgan fingerprint density at radius 1 is 1.15 bits per heavy atom. The number of hydrogen-bond donors (Lipinski definition) is 0. The number of nitrogens with zero attached hydrogens (tertiary/aromatic N) is 3. The number of fused-ring (bicyclic) bond motifs is 1. The fourth-order valence-corrected chi connectivity index (χ4v) is 3.50. The highest BCUT2D eigenvalue weighted by atomic mass is 35.5. The summed E-state index contributed by atoms with van der Waals surface area (Å²) < 4.78 is 0. The van der Waals surface area contributed by atoms with Crippen LogP contribution in [0.5, 0.6) is 0 Å². The average molecular weight is 290 g/mol. The van der Waals surface area contributed by atoms with E-state index in [1.54, 1.807) is 0 Å². The Morgan fingerprint density at radius 3 is 2.70 bits per heavy atom. The molecule has 2 atom stereocenters. The standard InChI is InChI=1S/C16H20ClN3/c1-11-7-3-6-10-14(11)20(2)15-12-8-4-5-9-13(12)18-16(17)19-15/h4-5,8-9,11,14H,3,6-7,10H2,1-2H3. The SMILES string of the molecule is CC1CCCCC1N(C)c1nc(Cl)nc2ccccc12. The van der Waals surface area contributed by atoms with E-state index in [1.807, 2.05) is 18.2 Å². The van der Waals surface area contributed by atoms with Gasteiger partial charge in [0.15, 0.2) is 0 Å². The molecular formula is C16H20ClN3. The number of halogens is 1. The molecule has 0 bridgehead atoms. The minimum atomic E-state index is 0.328. The molecule has 3 nitrogen and oxygen atoms in total. The van der Waals surface area contributed by atoms with Crippen molar-refractivity contribution in [2.45, 2.75) is 38.6 Å². The van der Waals surface area contributed by atoms with Gasteiger partial charge in [-0.15, -0.1) is 0 Å². The van der Waals surface area contributed by atoms with Crippen LogP contribution in [0.1, 0.15) is 32.6 Å². The summed E-state index contributed by atoms with van der Waals surface area (Å²) in [6.07, 6.45) is 5.17. The second kappa shape index (κ2) is 5.57. The number of rotatable bonds is 2. The van der Waals surface area contributed by atoms with E-state index in [0.717, 1.165) is 16.7 Å². The van der Waals surface area contributed by atoms with Crippen molar-refractivity contribution in [2.24, 2.45) is 5.92 Å². The molecule has 2 unspecified atom stereocenters. The summed E-state index contributed by atoms with van der Waals surface area (Å²) in [5, 5.41) is 1.41. The number of para-hydroxylation sites is 1. The molecule has 0 spiro atoms. The van der Waals surface area contributed by atoms with Crippen molar-refractivity contribution in [1.82, 2.24) is 9.97 Å². The maximum absolute atomic E-state index is 6.09. The van der Waals surface area contributed by atoms with Crippen LogP contribution in [0.15, 0.2) is 24.3 Å². The first-order valence-corrected chi connectivity index (χ1v) is 7.69. The van der Waals surface area contributed by atoms with Crippen molar-refractivity contribution in [3.63, 3.8) is 0 Å². The van der Waals surface area contributed by atoms with Gasteiger partial charge in [-0.1, -0.05) is 31.9 Å². The molecule has 1 aliphatic carbocycles. The number of benzene rings is 1. The molecule has 1 aliphatic rings. The van der Waals surface area contributed by atoms with E-state index in [1.165, 1.54) is 25.7 Å². The third-order valence-corrected chi connectivity index (χ3v) is 4.62. The second-order valence-corrected chi connectivity index (χ2v) is 6.11. The highest BCUT2D eigenvalue weighted by Crippen LogP contribution is 2.33. The number of anilines is 1. The lowest BCUT2D eigenvalue weighted by Crippen LogP contribution is -2.39. The van der Waals surface area contributed by atoms with Crippen LogP contribution >= 0.6 is 11.6 Å². The van der Waals surface area contributed by atoms with Crippen LogP contribution in [-0.4, -0.2) is 23.1 Å². The molecule has 0 aliphatic heterocycles. The van der Waals surface area contributed by atoms with Crippen LogP contribution < -0.4 is 4.90 Å². The molecule has 0 saturated heterocycles. The summed E-state index contributed by atoms with van der Waals surface area (Å²) in [6.45, 7) is 2.34. The van der Waals surface area contributed by atoms with Gasteiger partial charge in [0.2, 0.25) is 5.28 Å². The largest absolute Gasteiger partial charge is 0.356 e. The van der Waals surface area contributed by atoms with E-state index < -0.39 is 0 Å². The highest BCUT2D eigenvalue weighted by molar-refractivity contribution is 6.28. The first-order chi connectivity index (χ1) is 9.66. The summed E-state index contributed by atoms with van der Waals surface area (Å²) in [5.74, 6) is 1.65. The molecule has 1 saturated carbocycles. The van der Waals surface area contributed by atoms with Gasteiger partial charge in [-0.25, -0.2) is 4.98 Å². The molecule has 1 heterocycles. The molecule has 1 aromatic carbocycles. The maximum Gasteiger partial charge on any atom is 0.224 e. The lowest BCUT2D eigenvalue weighted by atomic mass is 9.85. The smallest absolute Gasteiger partial charge is 0.224 e. The van der Waals surface area contributed by atoms with E-state index in [0.29, 0.717) is 17.2 Å². The molecule has 4 heteroatoms. The predicted molar refractivity (Wildman–Crippen MR) is 84.4 cm³/mol. The molecule has 2 aromatic rings. The Morgan fingerprint density at radius 2 is 1.90 bits per heavy atom. The van der Waals surface area contributed by atoms with Crippen LogP contribution in [0.25, 0.3) is 10.9 Å². The predicted octanol–water partition coefficient (Wildman–Crippen LogP) is 4.30. The lowest BCUT2D eigenvalue weighted by molar-refractivity contribution is 0.321. The van der Waals surface area contributed by atoms with E-state index in [-0.39, 0.29) is 0 Å². The molecule has 106 valence electrons. The summed E-state index contributed by atoms with van der Waals surface area (Å²) in [5.41, 5.74) is 0.915. The highest BCUT2D eigenvalue weighted by Gasteiger charge is 2.27. The quantitative estimate of drug-likeness (QED) is 0.772. The minimum absolute atomic E-state index is 0.328. The fourth-order valence-electron chi connectivity index (χ4n) is 3.33. The van der Waals surface area contributed by atoms with E-state index >= 15 is 0 Å². The minimum Gasteiger partial charge on any atom is -0.356 e. The molecule has 1 aromatic heterocycles. The molecule has 0 amide bonds. The summed E-state index contributed by atoms with van der Waals surface area (Å²) in [4.78, 5) is 11.1. The fraction of sp³-hybridized carbons (Fsp3) is 0.500. The number of hydrogen-bond acceptors (Lipinski definition) is 3. The summed E-state index contributed by atoms with van der Waals surface area (Å²) in [6, 6.07) is 8.62. The van der Waals surface area contributed by atoms with Crippen LogP contribution in [0.4, 0.5) is 5.82 Å². The van der Waals surface area contributed by atoms with E-state index in [2.05, 4.69) is 34.9 Å². The third-order valence-electron chi connectivity index (χ3n) is 4.45. The van der Waals surface area contributed by atoms with E-state index in [4.69, 9.17) is 11.6 Å². The van der Waals surface area contributed by atoms with Crippen LogP contribution in [-0.2, 0) is 0 Å². The Balaban J connectivity index is 2.04. The zero-order valence-corrected chi connectivity index (χ0v) is 12.8. The van der Waals surface area contributed by atoms with Gasteiger partial charge in [0.25, 0.3) is 0 Å². The molecule has 20 heavy (non-hydrogen) atoms. The van der Waals surface area contributed by atoms with Gasteiger partial charge in [0.1, 0.15) is 5.82 Å². The monoisotopic (exact) mass is 289 g/mol. The topological polar surface area (TPSA) is 29.0 Å². The van der Waals surface area contributed by atoms with Gasteiger partial charge in [-0.3, -0.25) is 0 Å². The van der Waals surface area contributed by atoms with E-state index in [9.17, 15) is 0 Å². The molecule has 1 fully saturated rings. The van der Waals surface area contributed by atoms with Crippen LogP contribution in [0.3, 0.4) is 0 Å². The van der Waals surface area contributed by atoms with Gasteiger partial charge in [0.05, 0.1) is 5.52 Å². The third kappa shape index (κ3) is 2.47. The van der Waals surface area contributed by atoms with Gasteiger partial charge in [-0.2, -0.15) is 4.98 Å². The van der Waals surface area contributed by atoms with Gasteiger partial charge in [-0.05, 0) is 42.5 Å². The van der Waals surface area contributed by atoms with Crippen LogP contribution in [0.2, 0.25) is 5.28 Å². The molecule has 0 radical (unpaired) electrons. The Labute approximate surface area is 125 Å². The Kier molecular flexibility index (Phi) is 3.79. The lowest BCUT2D eigenvalue weighted by Gasteiger charge is -2.37. The first-order valence-electron chi connectivity index (χ1n) is 7.32. The second-order valence-electron chi connectivity index (χ2n) is 5.77. The Hall–Kier alpha value is -1.35. The van der Waals surface area contributed by atoms with Crippen molar-refractivity contribution >= 4 is 28.3 Å². The van der Waals surface area contributed by atoms with Gasteiger partial charge < -0.3 is 4.90 Å². The molecule has 3 rings (SSSR count). The molecule has 0 N–H and O–H groups in total. The van der Waals surface area contributed by atoms with Crippen molar-refractivity contribution in [2.75, 3.05) is 11.9 Å². The van der Waals surface area contributed by atoms with Crippen molar-refractivity contribution in [3.05, 3.63) is 29.5 Å². The first kappa shape index (κ1) is 13.6. The van der Waals surface area contributed by atoms with Crippen molar-refractivity contribution in [1.29, 1.82) is 0 Å². The van der Waals surface area contributed by atoms with Crippen molar-refractivity contribution in [3.8, 4) is 0 Å². The summed E-state index contributed by atoms with van der Waals surface area (Å²) >= 11 is 6.09. The number of aromatic nitrogens is 2. The maximum atomic E-state index is 6.09.